The van der Waals surface area contributed by atoms with Crippen molar-refractivity contribution < 1.29 is 4.92 Å². The van der Waals surface area contributed by atoms with E-state index in [0.29, 0.717) is 6.04 Å². The summed E-state index contributed by atoms with van der Waals surface area (Å²) in [5, 5.41) is 10.6. The molecule has 0 spiro atoms. The second-order valence-electron chi connectivity index (χ2n) is 4.58. The average Bonchev–Trinajstić information content (AvgIpc) is 2.29. The number of likely N-dealkylation sites (N-methyl/N-ethyl adjacent to an activating group) is 1. The molecule has 0 N–H and O–H groups in total. The van der Waals surface area contributed by atoms with Crippen LogP contribution >= 0.6 is 0 Å². The van der Waals surface area contributed by atoms with Crippen LogP contribution in [-0.4, -0.2) is 42.5 Å². The normalized spacial score (nSPS) is 21.5. The first-order valence-electron chi connectivity index (χ1n) is 5.77. The maximum Gasteiger partial charge on any atom is 0.269 e. The number of nitro groups is 1. The average molecular weight is 235 g/mol. The van der Waals surface area contributed by atoms with Crippen molar-refractivity contribution >= 4 is 11.4 Å². The summed E-state index contributed by atoms with van der Waals surface area (Å²) >= 11 is 0. The van der Waals surface area contributed by atoms with Crippen LogP contribution in [0.5, 0.6) is 0 Å². The van der Waals surface area contributed by atoms with Gasteiger partial charge < -0.3 is 9.80 Å². The van der Waals surface area contributed by atoms with Crippen molar-refractivity contribution in [1.82, 2.24) is 4.90 Å². The van der Waals surface area contributed by atoms with Gasteiger partial charge in [-0.1, -0.05) is 0 Å². The molecule has 0 saturated carbocycles. The first kappa shape index (κ1) is 11.9. The molecule has 1 saturated heterocycles. The van der Waals surface area contributed by atoms with Crippen LogP contribution in [0.1, 0.15) is 6.92 Å². The number of piperazine rings is 1. The Labute approximate surface area is 101 Å². The minimum absolute atomic E-state index is 0.149. The van der Waals surface area contributed by atoms with Crippen LogP contribution in [0.15, 0.2) is 24.3 Å². The molecule has 0 aliphatic carbocycles. The van der Waals surface area contributed by atoms with Crippen LogP contribution in [0, 0.1) is 10.1 Å². The fourth-order valence-electron chi connectivity index (χ4n) is 2.29. The summed E-state index contributed by atoms with van der Waals surface area (Å²) in [6.45, 7) is 5.20. The first-order chi connectivity index (χ1) is 8.08. The Morgan fingerprint density at radius 2 is 1.94 bits per heavy atom. The zero-order valence-corrected chi connectivity index (χ0v) is 10.2. The third-order valence-corrected chi connectivity index (χ3v) is 3.22. The lowest BCUT2D eigenvalue weighted by molar-refractivity contribution is -0.384. The van der Waals surface area contributed by atoms with Gasteiger partial charge in [0.2, 0.25) is 0 Å². The van der Waals surface area contributed by atoms with Crippen molar-refractivity contribution in [2.24, 2.45) is 0 Å². The molecule has 1 aromatic rings. The SMILES string of the molecule is C[C@@H]1CN(C)CCN1c1ccc([N+](=O)[O-])cc1. The predicted octanol–water partition coefficient (Wildman–Crippen LogP) is 1.74. The summed E-state index contributed by atoms with van der Waals surface area (Å²) in [7, 11) is 2.11. The van der Waals surface area contributed by atoms with Gasteiger partial charge in [-0.2, -0.15) is 0 Å². The Bertz CT molecular complexity index is 405. The van der Waals surface area contributed by atoms with E-state index in [2.05, 4.69) is 23.8 Å². The quantitative estimate of drug-likeness (QED) is 0.578. The Balaban J connectivity index is 2.14. The maximum atomic E-state index is 10.6. The lowest BCUT2D eigenvalue weighted by Crippen LogP contribution is -2.50. The minimum Gasteiger partial charge on any atom is -0.366 e. The van der Waals surface area contributed by atoms with E-state index in [1.807, 2.05) is 12.1 Å². The van der Waals surface area contributed by atoms with Crippen LogP contribution in [0.25, 0.3) is 0 Å². The largest absolute Gasteiger partial charge is 0.366 e. The number of non-ortho nitro benzene ring substituents is 1. The monoisotopic (exact) mass is 235 g/mol. The molecule has 1 fully saturated rings. The Morgan fingerprint density at radius 1 is 1.29 bits per heavy atom. The number of nitro benzene ring substituents is 1. The standard InChI is InChI=1S/C12H17N3O2/c1-10-9-13(2)7-8-14(10)11-3-5-12(6-4-11)15(16)17/h3-6,10H,7-9H2,1-2H3/t10-/m1/s1. The maximum absolute atomic E-state index is 10.6. The lowest BCUT2D eigenvalue weighted by atomic mass is 10.1. The fraction of sp³-hybridized carbons (Fsp3) is 0.500. The van der Waals surface area contributed by atoms with E-state index >= 15 is 0 Å². The lowest BCUT2D eigenvalue weighted by Gasteiger charge is -2.39. The number of hydrogen-bond acceptors (Lipinski definition) is 4. The smallest absolute Gasteiger partial charge is 0.269 e. The van der Waals surface area contributed by atoms with Crippen LogP contribution < -0.4 is 4.90 Å². The Kier molecular flexibility index (Phi) is 3.28. The molecule has 1 aromatic carbocycles. The molecule has 92 valence electrons. The van der Waals surface area contributed by atoms with Gasteiger partial charge in [-0.15, -0.1) is 0 Å². The van der Waals surface area contributed by atoms with Crippen molar-refractivity contribution in [1.29, 1.82) is 0 Å². The fourth-order valence-corrected chi connectivity index (χ4v) is 2.29. The van der Waals surface area contributed by atoms with Gasteiger partial charge in [0.1, 0.15) is 0 Å². The highest BCUT2D eigenvalue weighted by Crippen LogP contribution is 2.22. The molecule has 2 rings (SSSR count). The van der Waals surface area contributed by atoms with Crippen LogP contribution in [-0.2, 0) is 0 Å². The van der Waals surface area contributed by atoms with Crippen molar-refractivity contribution in [2.75, 3.05) is 31.6 Å². The molecule has 5 nitrogen and oxygen atoms in total. The van der Waals surface area contributed by atoms with Crippen LogP contribution in [0.2, 0.25) is 0 Å². The summed E-state index contributed by atoms with van der Waals surface area (Å²) in [6, 6.07) is 7.25. The molecule has 0 amide bonds. The molecular weight excluding hydrogens is 218 g/mol. The van der Waals surface area contributed by atoms with Gasteiger partial charge in [0.05, 0.1) is 4.92 Å². The second-order valence-corrected chi connectivity index (χ2v) is 4.58. The molecule has 1 heterocycles. The topological polar surface area (TPSA) is 49.6 Å². The summed E-state index contributed by atoms with van der Waals surface area (Å²) in [6.07, 6.45) is 0. The first-order valence-corrected chi connectivity index (χ1v) is 5.77. The van der Waals surface area contributed by atoms with Gasteiger partial charge in [-0.05, 0) is 26.1 Å². The molecule has 0 aromatic heterocycles. The molecule has 1 aliphatic heterocycles. The second kappa shape index (κ2) is 4.71. The molecular formula is C12H17N3O2. The van der Waals surface area contributed by atoms with Gasteiger partial charge in [0.25, 0.3) is 5.69 Å². The highest BCUT2D eigenvalue weighted by atomic mass is 16.6. The van der Waals surface area contributed by atoms with Gasteiger partial charge in [0, 0.05) is 43.5 Å². The molecule has 0 bridgehead atoms. The van der Waals surface area contributed by atoms with E-state index in [1.165, 1.54) is 0 Å². The third kappa shape index (κ3) is 2.55. The van der Waals surface area contributed by atoms with Crippen molar-refractivity contribution in [2.45, 2.75) is 13.0 Å². The minimum atomic E-state index is -0.364. The molecule has 0 unspecified atom stereocenters. The Hall–Kier alpha value is -1.62. The van der Waals surface area contributed by atoms with Crippen molar-refractivity contribution in [3.05, 3.63) is 34.4 Å². The zero-order valence-electron chi connectivity index (χ0n) is 10.2. The van der Waals surface area contributed by atoms with E-state index in [1.54, 1.807) is 12.1 Å². The predicted molar refractivity (Wildman–Crippen MR) is 67.4 cm³/mol. The third-order valence-electron chi connectivity index (χ3n) is 3.22. The molecule has 5 heteroatoms. The van der Waals surface area contributed by atoms with E-state index in [-0.39, 0.29) is 10.6 Å². The zero-order chi connectivity index (χ0) is 12.4. The van der Waals surface area contributed by atoms with Crippen molar-refractivity contribution in [3.8, 4) is 0 Å². The van der Waals surface area contributed by atoms with E-state index in [9.17, 15) is 10.1 Å². The molecule has 0 radical (unpaired) electrons. The number of rotatable bonds is 2. The van der Waals surface area contributed by atoms with Gasteiger partial charge >= 0.3 is 0 Å². The summed E-state index contributed by atoms with van der Waals surface area (Å²) < 4.78 is 0. The van der Waals surface area contributed by atoms with Gasteiger partial charge in [-0.3, -0.25) is 10.1 Å². The number of benzene rings is 1. The number of anilines is 1. The summed E-state index contributed by atoms with van der Waals surface area (Å²) in [5.74, 6) is 0. The van der Waals surface area contributed by atoms with E-state index in [0.717, 1.165) is 25.3 Å². The number of hydrogen-bond donors (Lipinski definition) is 0. The van der Waals surface area contributed by atoms with Gasteiger partial charge in [0.15, 0.2) is 0 Å². The van der Waals surface area contributed by atoms with Crippen LogP contribution in [0.4, 0.5) is 11.4 Å². The number of nitrogens with zero attached hydrogens (tertiary/aromatic N) is 3. The van der Waals surface area contributed by atoms with Crippen LogP contribution in [0.3, 0.4) is 0 Å². The molecule has 17 heavy (non-hydrogen) atoms. The highest BCUT2D eigenvalue weighted by Gasteiger charge is 2.21. The summed E-state index contributed by atoms with van der Waals surface area (Å²) in [4.78, 5) is 14.8. The Morgan fingerprint density at radius 3 is 2.47 bits per heavy atom. The molecule has 1 atom stereocenters. The molecule has 1 aliphatic rings. The van der Waals surface area contributed by atoms with E-state index in [4.69, 9.17) is 0 Å². The summed E-state index contributed by atoms with van der Waals surface area (Å²) in [5.41, 5.74) is 1.21. The van der Waals surface area contributed by atoms with Gasteiger partial charge in [-0.25, -0.2) is 0 Å². The van der Waals surface area contributed by atoms with Crippen molar-refractivity contribution in [3.63, 3.8) is 0 Å². The van der Waals surface area contributed by atoms with E-state index < -0.39 is 0 Å². The highest BCUT2D eigenvalue weighted by molar-refractivity contribution is 5.52.